The first-order valence-electron chi connectivity index (χ1n) is 8.68. The number of nitrogens with zero attached hydrogens (tertiary/aromatic N) is 3. The van der Waals surface area contributed by atoms with E-state index in [1.54, 1.807) is 31.1 Å². The van der Waals surface area contributed by atoms with Crippen molar-refractivity contribution in [3.05, 3.63) is 18.0 Å². The predicted molar refractivity (Wildman–Crippen MR) is 90.7 cm³/mol. The average molecular weight is 336 g/mol. The van der Waals surface area contributed by atoms with Gasteiger partial charge in [-0.1, -0.05) is 6.92 Å². The van der Waals surface area contributed by atoms with Crippen LogP contribution in [0.2, 0.25) is 0 Å². The van der Waals surface area contributed by atoms with Gasteiger partial charge in [0.2, 0.25) is 5.91 Å². The lowest BCUT2D eigenvalue weighted by Crippen LogP contribution is -2.52. The summed E-state index contributed by atoms with van der Waals surface area (Å²) in [6.45, 7) is 3.47. The largest absolute Gasteiger partial charge is 0.379 e. The molecule has 2 atom stereocenters. The van der Waals surface area contributed by atoms with Crippen LogP contribution in [0.15, 0.2) is 12.3 Å². The second-order valence-electron chi connectivity index (χ2n) is 6.13. The summed E-state index contributed by atoms with van der Waals surface area (Å²) in [7, 11) is 3.30. The number of carbonyl (C=O) groups is 2. The Morgan fingerprint density at radius 2 is 2.25 bits per heavy atom. The van der Waals surface area contributed by atoms with Crippen LogP contribution in [0.4, 0.5) is 0 Å². The van der Waals surface area contributed by atoms with Crippen molar-refractivity contribution in [1.29, 1.82) is 0 Å². The Morgan fingerprint density at radius 1 is 1.46 bits per heavy atom. The van der Waals surface area contributed by atoms with Gasteiger partial charge in [0, 0.05) is 39.9 Å². The summed E-state index contributed by atoms with van der Waals surface area (Å²) in [6.07, 6.45) is 5.36. The number of rotatable bonds is 7. The monoisotopic (exact) mass is 336 g/mol. The molecule has 7 heteroatoms. The molecule has 7 nitrogen and oxygen atoms in total. The molecular formula is C17H28N4O3. The number of ether oxygens (including phenoxy) is 1. The number of hydrogen-bond acceptors (Lipinski definition) is 4. The third kappa shape index (κ3) is 4.14. The van der Waals surface area contributed by atoms with Crippen molar-refractivity contribution in [2.24, 2.45) is 0 Å². The Kier molecular flexibility index (Phi) is 6.78. The molecule has 2 heterocycles. The van der Waals surface area contributed by atoms with E-state index in [2.05, 4.69) is 17.3 Å². The van der Waals surface area contributed by atoms with Gasteiger partial charge in [-0.05, 0) is 31.7 Å². The highest BCUT2D eigenvalue weighted by Gasteiger charge is 2.35. The van der Waals surface area contributed by atoms with Gasteiger partial charge in [-0.15, -0.1) is 0 Å². The molecule has 0 spiro atoms. The lowest BCUT2D eigenvalue weighted by atomic mass is 9.94. The van der Waals surface area contributed by atoms with Crippen LogP contribution in [-0.4, -0.2) is 59.3 Å². The summed E-state index contributed by atoms with van der Waals surface area (Å²) in [6, 6.07) is 1.68. The van der Waals surface area contributed by atoms with Gasteiger partial charge in [0.1, 0.15) is 5.69 Å². The zero-order valence-corrected chi connectivity index (χ0v) is 14.8. The Labute approximate surface area is 143 Å². The van der Waals surface area contributed by atoms with Crippen molar-refractivity contribution in [2.75, 3.05) is 20.7 Å². The number of likely N-dealkylation sites (tertiary alicyclic amines) is 1. The minimum Gasteiger partial charge on any atom is -0.379 e. The number of hydrogen-bond donors (Lipinski definition) is 1. The van der Waals surface area contributed by atoms with E-state index in [0.717, 1.165) is 25.8 Å². The topological polar surface area (TPSA) is 76.5 Å². The van der Waals surface area contributed by atoms with Crippen LogP contribution >= 0.6 is 0 Å². The molecule has 1 saturated heterocycles. The number of methoxy groups -OCH3 is 1. The summed E-state index contributed by atoms with van der Waals surface area (Å²) in [5.74, 6) is -0.0385. The fourth-order valence-electron chi connectivity index (χ4n) is 3.35. The molecule has 0 radical (unpaired) electrons. The summed E-state index contributed by atoms with van der Waals surface area (Å²) in [5, 5.41) is 6.88. The van der Waals surface area contributed by atoms with E-state index in [4.69, 9.17) is 4.74 Å². The first-order valence-corrected chi connectivity index (χ1v) is 8.68. The minimum atomic E-state index is -0.0847. The summed E-state index contributed by atoms with van der Waals surface area (Å²) in [5.41, 5.74) is 0.610. The summed E-state index contributed by atoms with van der Waals surface area (Å²) >= 11 is 0. The molecular weight excluding hydrogens is 308 g/mol. The quantitative estimate of drug-likeness (QED) is 0.817. The second-order valence-corrected chi connectivity index (χ2v) is 6.13. The van der Waals surface area contributed by atoms with Crippen molar-refractivity contribution in [3.8, 4) is 0 Å². The van der Waals surface area contributed by atoms with E-state index in [1.807, 2.05) is 4.90 Å². The van der Waals surface area contributed by atoms with E-state index in [-0.39, 0.29) is 24.0 Å². The van der Waals surface area contributed by atoms with Crippen molar-refractivity contribution in [2.45, 2.75) is 57.7 Å². The molecule has 1 N–H and O–H groups in total. The molecule has 1 aromatic rings. The van der Waals surface area contributed by atoms with Crippen LogP contribution in [0, 0.1) is 0 Å². The zero-order chi connectivity index (χ0) is 17.5. The molecule has 2 amide bonds. The lowest BCUT2D eigenvalue weighted by molar-refractivity contribution is -0.121. The van der Waals surface area contributed by atoms with Gasteiger partial charge >= 0.3 is 0 Å². The summed E-state index contributed by atoms with van der Waals surface area (Å²) < 4.78 is 7.36. The Balaban J connectivity index is 2.18. The molecule has 1 aliphatic rings. The third-order valence-corrected chi connectivity index (χ3v) is 4.60. The first kappa shape index (κ1) is 18.4. The molecule has 2 rings (SSSR count). The molecule has 24 heavy (non-hydrogen) atoms. The normalized spacial score (nSPS) is 20.9. The number of carbonyl (C=O) groups excluding carboxylic acids is 2. The Morgan fingerprint density at radius 3 is 2.92 bits per heavy atom. The smallest absolute Gasteiger partial charge is 0.272 e. The van der Waals surface area contributed by atoms with Crippen LogP contribution in [0.3, 0.4) is 0 Å². The van der Waals surface area contributed by atoms with Crippen LogP contribution in [0.5, 0.6) is 0 Å². The fourth-order valence-corrected chi connectivity index (χ4v) is 3.35. The number of piperidine rings is 1. The number of aryl methyl sites for hydroxylation is 1. The molecule has 0 aliphatic carbocycles. The SMILES string of the molecule is CCCn1nccc1C(=O)N1CCC[C@H](OC)[C@@H]1CCC(=O)NC. The van der Waals surface area contributed by atoms with E-state index < -0.39 is 0 Å². The standard InChI is InChI=1S/C17H28N4O3/c1-4-11-21-14(9-10-19-21)17(23)20-12-5-6-15(24-3)13(20)7-8-16(22)18-2/h9-10,13,15H,4-8,11-12H2,1-3H3,(H,18,22)/t13-,15-/m0/s1. The minimum absolute atomic E-state index is 0.0150. The fraction of sp³-hybridized carbons (Fsp3) is 0.706. The number of amides is 2. The highest BCUT2D eigenvalue weighted by molar-refractivity contribution is 5.93. The third-order valence-electron chi connectivity index (χ3n) is 4.60. The average Bonchev–Trinajstić information content (AvgIpc) is 3.07. The second kappa shape index (κ2) is 8.82. The van der Waals surface area contributed by atoms with Crippen molar-refractivity contribution >= 4 is 11.8 Å². The molecule has 1 aromatic heterocycles. The molecule has 0 saturated carbocycles. The lowest BCUT2D eigenvalue weighted by Gasteiger charge is -2.40. The van der Waals surface area contributed by atoms with E-state index in [1.165, 1.54) is 0 Å². The van der Waals surface area contributed by atoms with Gasteiger partial charge in [-0.3, -0.25) is 14.3 Å². The maximum absolute atomic E-state index is 13.1. The van der Waals surface area contributed by atoms with Crippen LogP contribution < -0.4 is 5.32 Å². The molecule has 134 valence electrons. The predicted octanol–water partition coefficient (Wildman–Crippen LogP) is 1.44. The molecule has 1 aliphatic heterocycles. The van der Waals surface area contributed by atoms with Gasteiger partial charge in [0.25, 0.3) is 5.91 Å². The Bertz CT molecular complexity index is 558. The molecule has 0 bridgehead atoms. The Hall–Kier alpha value is -1.89. The first-order chi connectivity index (χ1) is 11.6. The van der Waals surface area contributed by atoms with Crippen molar-refractivity contribution in [3.63, 3.8) is 0 Å². The molecule has 0 unspecified atom stereocenters. The van der Waals surface area contributed by atoms with Crippen LogP contribution in [-0.2, 0) is 16.1 Å². The van der Waals surface area contributed by atoms with E-state index >= 15 is 0 Å². The highest BCUT2D eigenvalue weighted by Crippen LogP contribution is 2.25. The van der Waals surface area contributed by atoms with Gasteiger partial charge in [0.15, 0.2) is 0 Å². The van der Waals surface area contributed by atoms with Gasteiger partial charge in [-0.25, -0.2) is 0 Å². The van der Waals surface area contributed by atoms with E-state index in [9.17, 15) is 9.59 Å². The number of aromatic nitrogens is 2. The van der Waals surface area contributed by atoms with E-state index in [0.29, 0.717) is 25.1 Å². The van der Waals surface area contributed by atoms with Crippen LogP contribution in [0.25, 0.3) is 0 Å². The van der Waals surface area contributed by atoms with Gasteiger partial charge in [-0.2, -0.15) is 5.10 Å². The van der Waals surface area contributed by atoms with Gasteiger partial charge in [0.05, 0.1) is 12.1 Å². The number of nitrogens with one attached hydrogen (secondary N) is 1. The van der Waals surface area contributed by atoms with Gasteiger partial charge < -0.3 is 15.0 Å². The molecule has 1 fully saturated rings. The van der Waals surface area contributed by atoms with Crippen molar-refractivity contribution in [1.82, 2.24) is 20.0 Å². The maximum atomic E-state index is 13.1. The maximum Gasteiger partial charge on any atom is 0.272 e. The van der Waals surface area contributed by atoms with Crippen LogP contribution in [0.1, 0.15) is 49.5 Å². The molecule has 0 aromatic carbocycles. The summed E-state index contributed by atoms with van der Waals surface area (Å²) in [4.78, 5) is 26.5. The highest BCUT2D eigenvalue weighted by atomic mass is 16.5. The van der Waals surface area contributed by atoms with Crippen molar-refractivity contribution < 1.29 is 14.3 Å². The zero-order valence-electron chi connectivity index (χ0n) is 14.8.